The minimum absolute atomic E-state index is 0.140. The molecule has 1 aliphatic carbocycles. The van der Waals surface area contributed by atoms with E-state index in [0.717, 1.165) is 48.2 Å². The third-order valence-corrected chi connectivity index (χ3v) is 4.50. The summed E-state index contributed by atoms with van der Waals surface area (Å²) in [5, 5.41) is 14.6. The van der Waals surface area contributed by atoms with Crippen molar-refractivity contribution in [2.45, 2.75) is 32.1 Å². The topological polar surface area (TPSA) is 71.8 Å². The summed E-state index contributed by atoms with van der Waals surface area (Å²) in [6.45, 7) is 4.43. The zero-order valence-corrected chi connectivity index (χ0v) is 15.3. The number of halogens is 1. The molecule has 6 nitrogen and oxygen atoms in total. The van der Waals surface area contributed by atoms with Crippen LogP contribution in [0.4, 0.5) is 0 Å². The summed E-state index contributed by atoms with van der Waals surface area (Å²) in [7, 11) is 0. The summed E-state index contributed by atoms with van der Waals surface area (Å²) in [5.41, 5.74) is 2.31. The monoisotopic (exact) mass is 391 g/mol. The molecule has 1 fully saturated rings. The lowest BCUT2D eigenvalue weighted by Crippen LogP contribution is -2.32. The van der Waals surface area contributed by atoms with E-state index in [-0.39, 0.29) is 5.91 Å². The summed E-state index contributed by atoms with van der Waals surface area (Å²) < 4.78 is 2.81. The SMILES string of the molecule is CCCNCCNC(=O)c1nnn(-c2ccc(Br)cc2)c1C1CC1. The second kappa shape index (κ2) is 7.90. The molecule has 0 unspecified atom stereocenters. The molecule has 3 rings (SSSR count). The molecule has 0 radical (unpaired) electrons. The number of carbonyl (C=O) groups is 1. The Morgan fingerprint density at radius 2 is 2.00 bits per heavy atom. The Hall–Kier alpha value is -1.73. The molecule has 24 heavy (non-hydrogen) atoms. The predicted octanol–water partition coefficient (Wildman–Crippen LogP) is 2.64. The van der Waals surface area contributed by atoms with Crippen LogP contribution in [0.15, 0.2) is 28.7 Å². The first kappa shape index (κ1) is 17.1. The Morgan fingerprint density at radius 3 is 2.67 bits per heavy atom. The molecule has 1 aliphatic rings. The van der Waals surface area contributed by atoms with E-state index in [4.69, 9.17) is 0 Å². The Labute approximate surface area is 150 Å². The fourth-order valence-electron chi connectivity index (χ4n) is 2.60. The highest BCUT2D eigenvalue weighted by Crippen LogP contribution is 2.41. The van der Waals surface area contributed by atoms with E-state index in [0.29, 0.717) is 18.2 Å². The Kier molecular flexibility index (Phi) is 5.63. The highest BCUT2D eigenvalue weighted by atomic mass is 79.9. The Morgan fingerprint density at radius 1 is 1.25 bits per heavy atom. The molecule has 1 amide bonds. The van der Waals surface area contributed by atoms with Crippen LogP contribution in [0.3, 0.4) is 0 Å². The van der Waals surface area contributed by atoms with Crippen LogP contribution in [0.2, 0.25) is 0 Å². The summed E-state index contributed by atoms with van der Waals surface area (Å²) >= 11 is 3.44. The summed E-state index contributed by atoms with van der Waals surface area (Å²) in [6.07, 6.45) is 3.26. The number of benzene rings is 1. The van der Waals surface area contributed by atoms with Gasteiger partial charge in [0.2, 0.25) is 0 Å². The van der Waals surface area contributed by atoms with Crippen molar-refractivity contribution in [2.24, 2.45) is 0 Å². The third-order valence-electron chi connectivity index (χ3n) is 3.97. The van der Waals surface area contributed by atoms with Crippen LogP contribution in [0, 0.1) is 0 Å². The number of aromatic nitrogens is 3. The zero-order valence-electron chi connectivity index (χ0n) is 13.8. The number of carbonyl (C=O) groups excluding carboxylic acids is 1. The van der Waals surface area contributed by atoms with Gasteiger partial charge in [0.15, 0.2) is 5.69 Å². The molecule has 0 aliphatic heterocycles. The molecule has 0 spiro atoms. The Bertz CT molecular complexity index is 694. The molecule has 0 saturated heterocycles. The van der Waals surface area contributed by atoms with Gasteiger partial charge in [-0.15, -0.1) is 5.10 Å². The number of rotatable bonds is 8. The van der Waals surface area contributed by atoms with E-state index in [9.17, 15) is 4.79 Å². The zero-order chi connectivity index (χ0) is 16.9. The lowest BCUT2D eigenvalue weighted by molar-refractivity contribution is 0.0948. The molecule has 2 aromatic rings. The first-order valence-corrected chi connectivity index (χ1v) is 9.20. The van der Waals surface area contributed by atoms with Crippen LogP contribution in [0.5, 0.6) is 0 Å². The molecular weight excluding hydrogens is 370 g/mol. The van der Waals surface area contributed by atoms with Crippen LogP contribution in [-0.2, 0) is 0 Å². The number of nitrogens with zero attached hydrogens (tertiary/aromatic N) is 3. The average molecular weight is 392 g/mol. The minimum Gasteiger partial charge on any atom is -0.349 e. The maximum absolute atomic E-state index is 12.5. The van der Waals surface area contributed by atoms with Crippen LogP contribution in [0.25, 0.3) is 5.69 Å². The number of nitrogens with one attached hydrogen (secondary N) is 2. The van der Waals surface area contributed by atoms with E-state index in [1.807, 2.05) is 24.3 Å². The number of amides is 1. The molecule has 1 saturated carbocycles. The average Bonchev–Trinajstić information content (AvgIpc) is 3.33. The fourth-order valence-corrected chi connectivity index (χ4v) is 2.86. The van der Waals surface area contributed by atoms with Gasteiger partial charge in [0.1, 0.15) is 0 Å². The standard InChI is InChI=1S/C17H22BrN5O/c1-2-9-19-10-11-20-17(24)15-16(12-3-4-12)23(22-21-15)14-7-5-13(18)6-8-14/h5-8,12,19H,2-4,9-11H2,1H3,(H,20,24). The molecule has 128 valence electrons. The van der Waals surface area contributed by atoms with Crippen molar-refractivity contribution in [3.8, 4) is 5.69 Å². The molecule has 0 atom stereocenters. The van der Waals surface area contributed by atoms with Crippen molar-refractivity contribution < 1.29 is 4.79 Å². The minimum atomic E-state index is -0.140. The van der Waals surface area contributed by atoms with Crippen LogP contribution in [0.1, 0.15) is 48.3 Å². The number of hydrogen-bond acceptors (Lipinski definition) is 4. The highest BCUT2D eigenvalue weighted by molar-refractivity contribution is 9.10. The van der Waals surface area contributed by atoms with E-state index in [1.54, 1.807) is 4.68 Å². The van der Waals surface area contributed by atoms with Crippen LogP contribution in [-0.4, -0.2) is 40.5 Å². The van der Waals surface area contributed by atoms with Crippen molar-refractivity contribution in [3.05, 3.63) is 40.1 Å². The van der Waals surface area contributed by atoms with E-state index >= 15 is 0 Å². The molecule has 2 N–H and O–H groups in total. The van der Waals surface area contributed by atoms with Gasteiger partial charge in [-0.2, -0.15) is 0 Å². The summed E-state index contributed by atoms with van der Waals surface area (Å²) in [5.74, 6) is 0.237. The maximum Gasteiger partial charge on any atom is 0.273 e. The largest absolute Gasteiger partial charge is 0.349 e. The van der Waals surface area contributed by atoms with Gasteiger partial charge in [-0.3, -0.25) is 4.79 Å². The van der Waals surface area contributed by atoms with Crippen molar-refractivity contribution in [3.63, 3.8) is 0 Å². The molecular formula is C17H22BrN5O. The lowest BCUT2D eigenvalue weighted by atomic mass is 10.2. The normalized spacial score (nSPS) is 13.9. The van der Waals surface area contributed by atoms with E-state index in [1.165, 1.54) is 0 Å². The molecule has 0 bridgehead atoms. The first-order valence-electron chi connectivity index (χ1n) is 8.41. The quantitative estimate of drug-likeness (QED) is 0.678. The predicted molar refractivity (Wildman–Crippen MR) is 96.5 cm³/mol. The van der Waals surface area contributed by atoms with Crippen molar-refractivity contribution >= 4 is 21.8 Å². The molecule has 1 aromatic carbocycles. The highest BCUT2D eigenvalue weighted by Gasteiger charge is 2.34. The van der Waals surface area contributed by atoms with Gasteiger partial charge in [0.25, 0.3) is 5.91 Å². The van der Waals surface area contributed by atoms with Gasteiger partial charge >= 0.3 is 0 Å². The number of hydrogen-bond donors (Lipinski definition) is 2. The smallest absolute Gasteiger partial charge is 0.273 e. The van der Waals surface area contributed by atoms with Crippen molar-refractivity contribution in [1.82, 2.24) is 25.6 Å². The van der Waals surface area contributed by atoms with Gasteiger partial charge in [-0.05, 0) is 50.1 Å². The fraction of sp³-hybridized carbons (Fsp3) is 0.471. The van der Waals surface area contributed by atoms with Gasteiger partial charge in [-0.25, -0.2) is 4.68 Å². The second-order valence-electron chi connectivity index (χ2n) is 5.99. The molecule has 7 heteroatoms. The van der Waals surface area contributed by atoms with E-state index in [2.05, 4.69) is 43.8 Å². The first-order chi connectivity index (χ1) is 11.7. The van der Waals surface area contributed by atoms with Crippen molar-refractivity contribution in [1.29, 1.82) is 0 Å². The molecule has 1 aromatic heterocycles. The summed E-state index contributed by atoms with van der Waals surface area (Å²) in [4.78, 5) is 12.5. The summed E-state index contributed by atoms with van der Waals surface area (Å²) in [6, 6.07) is 7.88. The van der Waals surface area contributed by atoms with Crippen LogP contribution < -0.4 is 10.6 Å². The van der Waals surface area contributed by atoms with Crippen molar-refractivity contribution in [2.75, 3.05) is 19.6 Å². The van der Waals surface area contributed by atoms with Gasteiger partial charge < -0.3 is 10.6 Å². The van der Waals surface area contributed by atoms with Gasteiger partial charge in [-0.1, -0.05) is 28.1 Å². The van der Waals surface area contributed by atoms with E-state index < -0.39 is 0 Å². The van der Waals surface area contributed by atoms with Gasteiger partial charge in [0, 0.05) is 23.5 Å². The van der Waals surface area contributed by atoms with Gasteiger partial charge in [0.05, 0.1) is 11.4 Å². The lowest BCUT2D eigenvalue weighted by Gasteiger charge is -2.08. The third kappa shape index (κ3) is 4.02. The molecule has 1 heterocycles. The maximum atomic E-state index is 12.5. The Balaban J connectivity index is 1.74. The second-order valence-corrected chi connectivity index (χ2v) is 6.91. The van der Waals surface area contributed by atoms with Crippen LogP contribution >= 0.6 is 15.9 Å².